The summed E-state index contributed by atoms with van der Waals surface area (Å²) >= 11 is 1.62. The lowest BCUT2D eigenvalue weighted by atomic mass is 10.1. The third kappa shape index (κ3) is 4.51. The number of carbonyl (C=O) groups is 1. The van der Waals surface area contributed by atoms with Gasteiger partial charge in [0.05, 0.1) is 15.9 Å². The number of aryl methyl sites for hydroxylation is 1. The second-order valence-corrected chi connectivity index (χ2v) is 8.17. The average Bonchev–Trinajstić information content (AvgIpc) is 3.35. The zero-order chi connectivity index (χ0) is 20.2. The first-order chi connectivity index (χ1) is 14.1. The third-order valence-electron chi connectivity index (χ3n) is 4.52. The molecule has 0 fully saturated rings. The largest absolute Gasteiger partial charge is 0.339 e. The van der Waals surface area contributed by atoms with Crippen LogP contribution in [-0.2, 0) is 11.2 Å². The highest BCUT2D eigenvalue weighted by molar-refractivity contribution is 7.21. The van der Waals surface area contributed by atoms with Gasteiger partial charge in [-0.15, -0.1) is 11.3 Å². The number of benzene rings is 2. The lowest BCUT2D eigenvalue weighted by Crippen LogP contribution is -2.12. The number of rotatable bonds is 7. The Balaban J connectivity index is 1.40. The molecule has 29 heavy (non-hydrogen) atoms. The predicted molar refractivity (Wildman–Crippen MR) is 115 cm³/mol. The molecule has 0 aliphatic heterocycles. The smallest absolute Gasteiger partial charge is 0.226 e. The first-order valence-electron chi connectivity index (χ1n) is 9.67. The summed E-state index contributed by atoms with van der Waals surface area (Å²) in [5.74, 6) is 1.47. The highest BCUT2D eigenvalue weighted by atomic mass is 32.1. The molecule has 0 spiro atoms. The van der Waals surface area contributed by atoms with Gasteiger partial charge >= 0.3 is 0 Å². The Labute approximate surface area is 173 Å². The van der Waals surface area contributed by atoms with Crippen LogP contribution in [-0.4, -0.2) is 21.0 Å². The minimum Gasteiger partial charge on any atom is -0.339 e. The molecule has 7 heteroatoms. The molecular weight excluding hydrogens is 384 g/mol. The fourth-order valence-corrected chi connectivity index (χ4v) is 3.99. The van der Waals surface area contributed by atoms with Gasteiger partial charge in [-0.05, 0) is 30.7 Å². The quantitative estimate of drug-likeness (QED) is 0.442. The second-order valence-electron chi connectivity index (χ2n) is 7.14. The molecule has 1 N–H and O–H groups in total. The molecule has 148 valence electrons. The first-order valence-corrected chi connectivity index (χ1v) is 10.5. The van der Waals surface area contributed by atoms with Crippen LogP contribution in [0.2, 0.25) is 0 Å². The van der Waals surface area contributed by atoms with Crippen LogP contribution in [0, 0.1) is 0 Å². The summed E-state index contributed by atoms with van der Waals surface area (Å²) in [7, 11) is 0. The van der Waals surface area contributed by atoms with E-state index in [2.05, 4.69) is 21.5 Å². The van der Waals surface area contributed by atoms with Crippen molar-refractivity contribution in [1.82, 2.24) is 15.1 Å². The molecule has 2 aromatic heterocycles. The minimum absolute atomic E-state index is 0.0397. The predicted octanol–water partition coefficient (Wildman–Crippen LogP) is 5.43. The van der Waals surface area contributed by atoms with Gasteiger partial charge in [0.1, 0.15) is 5.01 Å². The van der Waals surface area contributed by atoms with Gasteiger partial charge < -0.3 is 9.84 Å². The first kappa shape index (κ1) is 19.3. The maximum Gasteiger partial charge on any atom is 0.226 e. The van der Waals surface area contributed by atoms with E-state index in [0.29, 0.717) is 31.0 Å². The minimum atomic E-state index is -0.0397. The zero-order valence-corrected chi connectivity index (χ0v) is 17.2. The molecule has 4 aromatic rings. The molecule has 0 atom stereocenters. The Kier molecular flexibility index (Phi) is 5.67. The van der Waals surface area contributed by atoms with Crippen LogP contribution < -0.4 is 5.32 Å². The Hall–Kier alpha value is -3.06. The van der Waals surface area contributed by atoms with Crippen LogP contribution >= 0.6 is 11.3 Å². The Morgan fingerprint density at radius 1 is 1.10 bits per heavy atom. The molecule has 0 saturated heterocycles. The fourth-order valence-electron chi connectivity index (χ4n) is 2.98. The second kappa shape index (κ2) is 8.53. The lowest BCUT2D eigenvalue weighted by molar-refractivity contribution is -0.116. The summed E-state index contributed by atoms with van der Waals surface area (Å²) in [5, 5.41) is 7.87. The van der Waals surface area contributed by atoms with Gasteiger partial charge in [0.15, 0.2) is 5.82 Å². The molecule has 0 radical (unpaired) electrons. The summed E-state index contributed by atoms with van der Waals surface area (Å²) in [6, 6.07) is 15.8. The SMILES string of the molecule is CC(C)c1noc(CCCC(=O)Nc2ccccc2-c2nc3ccccc3s2)n1. The number of thiazole rings is 1. The number of nitrogens with zero attached hydrogens (tertiary/aromatic N) is 3. The zero-order valence-electron chi connectivity index (χ0n) is 16.4. The van der Waals surface area contributed by atoms with Crippen molar-refractivity contribution in [3.63, 3.8) is 0 Å². The molecule has 0 bridgehead atoms. The van der Waals surface area contributed by atoms with E-state index in [1.54, 1.807) is 11.3 Å². The topological polar surface area (TPSA) is 80.9 Å². The molecule has 0 aliphatic carbocycles. The molecule has 2 heterocycles. The van der Waals surface area contributed by atoms with E-state index in [1.807, 2.05) is 56.3 Å². The van der Waals surface area contributed by atoms with Gasteiger partial charge in [0, 0.05) is 24.3 Å². The van der Waals surface area contributed by atoms with Crippen molar-refractivity contribution in [1.29, 1.82) is 0 Å². The molecule has 0 aliphatic rings. The number of hydrogen-bond donors (Lipinski definition) is 1. The number of hydrogen-bond acceptors (Lipinski definition) is 6. The third-order valence-corrected chi connectivity index (χ3v) is 5.59. The van der Waals surface area contributed by atoms with E-state index in [1.165, 1.54) is 0 Å². The van der Waals surface area contributed by atoms with Gasteiger partial charge in [0.25, 0.3) is 0 Å². The van der Waals surface area contributed by atoms with Crippen molar-refractivity contribution in [3.8, 4) is 10.6 Å². The van der Waals surface area contributed by atoms with Gasteiger partial charge in [-0.3, -0.25) is 4.79 Å². The number of fused-ring (bicyclic) bond motifs is 1. The standard InChI is InChI=1S/C22H22N4O2S/c1-14(2)21-25-20(28-26-21)13-7-12-19(27)23-16-9-4-3-8-15(16)22-24-17-10-5-6-11-18(17)29-22/h3-6,8-11,14H,7,12-13H2,1-2H3,(H,23,27). The normalized spacial score (nSPS) is 11.3. The van der Waals surface area contributed by atoms with Crippen LogP contribution in [0.3, 0.4) is 0 Å². The summed E-state index contributed by atoms with van der Waals surface area (Å²) < 4.78 is 6.36. The van der Waals surface area contributed by atoms with Crippen LogP contribution in [0.1, 0.15) is 44.3 Å². The van der Waals surface area contributed by atoms with Crippen LogP contribution in [0.25, 0.3) is 20.8 Å². The maximum atomic E-state index is 12.5. The van der Waals surface area contributed by atoms with Crippen molar-refractivity contribution < 1.29 is 9.32 Å². The lowest BCUT2D eigenvalue weighted by Gasteiger charge is -2.09. The van der Waals surface area contributed by atoms with E-state index in [0.717, 1.165) is 26.5 Å². The van der Waals surface area contributed by atoms with Crippen molar-refractivity contribution in [2.45, 2.75) is 39.0 Å². The monoisotopic (exact) mass is 406 g/mol. The molecule has 0 unspecified atom stereocenters. The Morgan fingerprint density at radius 2 is 1.90 bits per heavy atom. The summed E-state index contributed by atoms with van der Waals surface area (Å²) in [6.45, 7) is 4.04. The average molecular weight is 407 g/mol. The molecule has 6 nitrogen and oxygen atoms in total. The van der Waals surface area contributed by atoms with Gasteiger partial charge in [-0.2, -0.15) is 4.98 Å². The van der Waals surface area contributed by atoms with E-state index >= 15 is 0 Å². The maximum absolute atomic E-state index is 12.5. The van der Waals surface area contributed by atoms with Crippen LogP contribution in [0.15, 0.2) is 53.1 Å². The van der Waals surface area contributed by atoms with Gasteiger partial charge in [-0.1, -0.05) is 43.3 Å². The fraction of sp³-hybridized carbons (Fsp3) is 0.273. The van der Waals surface area contributed by atoms with Gasteiger partial charge in [-0.25, -0.2) is 4.98 Å². The van der Waals surface area contributed by atoms with E-state index in [9.17, 15) is 4.79 Å². The highest BCUT2D eigenvalue weighted by Crippen LogP contribution is 2.34. The van der Waals surface area contributed by atoms with Crippen LogP contribution in [0.5, 0.6) is 0 Å². The number of amides is 1. The molecule has 2 aromatic carbocycles. The highest BCUT2D eigenvalue weighted by Gasteiger charge is 2.13. The number of nitrogens with one attached hydrogen (secondary N) is 1. The van der Waals surface area contributed by atoms with Crippen LogP contribution in [0.4, 0.5) is 5.69 Å². The van der Waals surface area contributed by atoms with E-state index in [-0.39, 0.29) is 11.8 Å². The Morgan fingerprint density at radius 3 is 2.69 bits per heavy atom. The number of aromatic nitrogens is 3. The summed E-state index contributed by atoms with van der Waals surface area (Å²) in [4.78, 5) is 21.5. The molecular formula is C22H22N4O2S. The summed E-state index contributed by atoms with van der Waals surface area (Å²) in [6.07, 6.45) is 1.62. The Bertz CT molecular complexity index is 1100. The molecule has 0 saturated carbocycles. The number of anilines is 1. The number of para-hydroxylation sites is 2. The van der Waals surface area contributed by atoms with Crippen molar-refractivity contribution in [2.24, 2.45) is 0 Å². The van der Waals surface area contributed by atoms with Crippen molar-refractivity contribution in [2.75, 3.05) is 5.32 Å². The van der Waals surface area contributed by atoms with E-state index in [4.69, 9.17) is 9.51 Å². The van der Waals surface area contributed by atoms with Gasteiger partial charge in [0.2, 0.25) is 11.8 Å². The van der Waals surface area contributed by atoms with Crippen molar-refractivity contribution >= 4 is 33.1 Å². The van der Waals surface area contributed by atoms with Crippen molar-refractivity contribution in [3.05, 3.63) is 60.2 Å². The number of carbonyl (C=O) groups excluding carboxylic acids is 1. The molecule has 1 amide bonds. The molecule has 4 rings (SSSR count). The summed E-state index contributed by atoms with van der Waals surface area (Å²) in [5.41, 5.74) is 2.67. The van der Waals surface area contributed by atoms with E-state index < -0.39 is 0 Å².